The van der Waals surface area contributed by atoms with Crippen LogP contribution in [0.4, 0.5) is 0 Å². The molecule has 2 aromatic heterocycles. The van der Waals surface area contributed by atoms with E-state index in [2.05, 4.69) is 100 Å². The summed E-state index contributed by atoms with van der Waals surface area (Å²) in [5.41, 5.74) is 5.91. The van der Waals surface area contributed by atoms with Crippen LogP contribution in [-0.2, 0) is 0 Å². The number of aryl methyl sites for hydroxylation is 1. The molecule has 0 saturated heterocycles. The molecule has 5 aromatic rings. The van der Waals surface area contributed by atoms with Crippen molar-refractivity contribution in [1.29, 1.82) is 0 Å². The van der Waals surface area contributed by atoms with Crippen LogP contribution in [0.5, 0.6) is 0 Å². The van der Waals surface area contributed by atoms with E-state index in [1.165, 1.54) is 33.0 Å². The van der Waals surface area contributed by atoms with Crippen molar-refractivity contribution < 1.29 is 0 Å². The van der Waals surface area contributed by atoms with Crippen molar-refractivity contribution in [2.45, 2.75) is 6.92 Å². The number of hydrogen-bond acceptors (Lipinski definition) is 1. The molecule has 0 unspecified atom stereocenters. The van der Waals surface area contributed by atoms with E-state index in [0.29, 0.717) is 0 Å². The minimum Gasteiger partial charge on any atom is -0.294 e. The van der Waals surface area contributed by atoms with Crippen molar-refractivity contribution >= 4 is 37.7 Å². The molecule has 0 spiro atoms. The Morgan fingerprint density at radius 3 is 2.37 bits per heavy atom. The van der Waals surface area contributed by atoms with Gasteiger partial charge in [-0.3, -0.25) is 4.57 Å². The Balaban J connectivity index is 1.85. The van der Waals surface area contributed by atoms with E-state index in [4.69, 9.17) is 4.98 Å². The largest absolute Gasteiger partial charge is 0.294 e. The number of halogens is 1. The molecule has 0 amide bonds. The van der Waals surface area contributed by atoms with E-state index in [1.807, 2.05) is 12.3 Å². The standard InChI is InChI=1S/C24H17BrN2/c1-16-15-26-24(14-21(16)17-7-3-2-4-8-17)27-22-10-6-5-9-19(22)20-12-11-18(25)13-23(20)27/h2-15H,1H3. The maximum atomic E-state index is 4.78. The maximum Gasteiger partial charge on any atom is 0.138 e. The minimum atomic E-state index is 0.934. The number of hydrogen-bond donors (Lipinski definition) is 0. The van der Waals surface area contributed by atoms with Gasteiger partial charge in [-0.2, -0.15) is 0 Å². The summed E-state index contributed by atoms with van der Waals surface area (Å²) < 4.78 is 3.32. The topological polar surface area (TPSA) is 17.8 Å². The van der Waals surface area contributed by atoms with Crippen LogP contribution in [0.2, 0.25) is 0 Å². The van der Waals surface area contributed by atoms with Crippen LogP contribution in [-0.4, -0.2) is 9.55 Å². The summed E-state index contributed by atoms with van der Waals surface area (Å²) >= 11 is 3.63. The van der Waals surface area contributed by atoms with Gasteiger partial charge in [0.25, 0.3) is 0 Å². The van der Waals surface area contributed by atoms with Crippen LogP contribution in [0, 0.1) is 6.92 Å². The second-order valence-electron chi connectivity index (χ2n) is 6.74. The van der Waals surface area contributed by atoms with Gasteiger partial charge in [-0.1, -0.05) is 70.5 Å². The van der Waals surface area contributed by atoms with Crippen molar-refractivity contribution in [3.63, 3.8) is 0 Å². The third kappa shape index (κ3) is 2.66. The monoisotopic (exact) mass is 412 g/mol. The summed E-state index contributed by atoms with van der Waals surface area (Å²) in [6, 6.07) is 27.6. The highest BCUT2D eigenvalue weighted by atomic mass is 79.9. The van der Waals surface area contributed by atoms with Crippen LogP contribution >= 0.6 is 15.9 Å². The van der Waals surface area contributed by atoms with Gasteiger partial charge in [0.15, 0.2) is 0 Å². The molecule has 3 heteroatoms. The molecule has 0 N–H and O–H groups in total. The zero-order chi connectivity index (χ0) is 18.4. The first-order chi connectivity index (χ1) is 13.2. The van der Waals surface area contributed by atoms with Crippen molar-refractivity contribution in [1.82, 2.24) is 9.55 Å². The molecule has 0 radical (unpaired) electrons. The number of fused-ring (bicyclic) bond motifs is 3. The van der Waals surface area contributed by atoms with Gasteiger partial charge in [0.1, 0.15) is 5.82 Å². The molecule has 0 atom stereocenters. The molecule has 130 valence electrons. The first-order valence-electron chi connectivity index (χ1n) is 8.93. The number of aromatic nitrogens is 2. The molecular weight excluding hydrogens is 396 g/mol. The van der Waals surface area contributed by atoms with Crippen molar-refractivity contribution in [3.8, 4) is 16.9 Å². The smallest absolute Gasteiger partial charge is 0.138 e. The van der Waals surface area contributed by atoms with Gasteiger partial charge in [-0.25, -0.2) is 4.98 Å². The summed E-state index contributed by atoms with van der Waals surface area (Å²) in [5.74, 6) is 0.934. The van der Waals surface area contributed by atoms with Gasteiger partial charge in [0, 0.05) is 21.4 Å². The summed E-state index contributed by atoms with van der Waals surface area (Å²) in [7, 11) is 0. The molecule has 3 aromatic carbocycles. The Labute approximate surface area is 166 Å². The molecule has 27 heavy (non-hydrogen) atoms. The summed E-state index contributed by atoms with van der Waals surface area (Å²) in [6.07, 6.45) is 1.97. The summed E-state index contributed by atoms with van der Waals surface area (Å²) in [5, 5.41) is 2.47. The SMILES string of the molecule is Cc1cnc(-n2c3ccccc3c3ccc(Br)cc32)cc1-c1ccccc1. The van der Waals surface area contributed by atoms with E-state index < -0.39 is 0 Å². The normalized spacial score (nSPS) is 11.3. The lowest BCUT2D eigenvalue weighted by atomic mass is 10.0. The molecule has 0 aliphatic rings. The Morgan fingerprint density at radius 2 is 1.52 bits per heavy atom. The first kappa shape index (κ1) is 16.3. The molecule has 2 nitrogen and oxygen atoms in total. The van der Waals surface area contributed by atoms with Crippen molar-refractivity contribution in [2.24, 2.45) is 0 Å². The highest BCUT2D eigenvalue weighted by Gasteiger charge is 2.14. The fraction of sp³-hybridized carbons (Fsp3) is 0.0417. The Morgan fingerprint density at radius 1 is 0.778 bits per heavy atom. The van der Waals surface area contributed by atoms with Gasteiger partial charge < -0.3 is 0 Å². The third-order valence-corrected chi connectivity index (χ3v) is 5.53. The van der Waals surface area contributed by atoms with E-state index in [0.717, 1.165) is 15.8 Å². The number of pyridine rings is 1. The summed E-state index contributed by atoms with van der Waals surface area (Å²) in [6.45, 7) is 2.11. The second-order valence-corrected chi connectivity index (χ2v) is 7.65. The molecule has 2 heterocycles. The molecule has 5 rings (SSSR count). The average Bonchev–Trinajstić information content (AvgIpc) is 3.02. The third-order valence-electron chi connectivity index (χ3n) is 5.04. The Kier molecular flexibility index (Phi) is 3.83. The fourth-order valence-electron chi connectivity index (χ4n) is 3.75. The van der Waals surface area contributed by atoms with Gasteiger partial charge in [-0.05, 0) is 47.9 Å². The number of rotatable bonds is 2. The maximum absolute atomic E-state index is 4.78. The van der Waals surface area contributed by atoms with E-state index in [9.17, 15) is 0 Å². The molecule has 0 aliphatic carbocycles. The van der Waals surface area contributed by atoms with Crippen LogP contribution in [0.3, 0.4) is 0 Å². The lowest BCUT2D eigenvalue weighted by molar-refractivity contribution is 1.07. The van der Waals surface area contributed by atoms with E-state index >= 15 is 0 Å². The molecule has 0 bridgehead atoms. The van der Waals surface area contributed by atoms with E-state index in [-0.39, 0.29) is 0 Å². The fourth-order valence-corrected chi connectivity index (χ4v) is 4.10. The zero-order valence-electron chi connectivity index (χ0n) is 14.9. The molecule has 0 fully saturated rings. The number of nitrogens with zero attached hydrogens (tertiary/aromatic N) is 2. The molecule has 0 saturated carbocycles. The van der Waals surface area contributed by atoms with Crippen LogP contribution in [0.15, 0.2) is 89.5 Å². The van der Waals surface area contributed by atoms with Gasteiger partial charge in [-0.15, -0.1) is 0 Å². The van der Waals surface area contributed by atoms with Crippen LogP contribution < -0.4 is 0 Å². The minimum absolute atomic E-state index is 0.934. The van der Waals surface area contributed by atoms with Gasteiger partial charge in [0.05, 0.1) is 11.0 Å². The van der Waals surface area contributed by atoms with Gasteiger partial charge in [0.2, 0.25) is 0 Å². The molecular formula is C24H17BrN2. The second kappa shape index (κ2) is 6.36. The number of para-hydroxylation sites is 1. The molecule has 0 aliphatic heterocycles. The predicted octanol–water partition coefficient (Wildman–Crippen LogP) is 6.92. The van der Waals surface area contributed by atoms with Gasteiger partial charge >= 0.3 is 0 Å². The highest BCUT2D eigenvalue weighted by Crippen LogP contribution is 2.34. The number of benzene rings is 3. The Bertz CT molecular complexity index is 1290. The zero-order valence-corrected chi connectivity index (χ0v) is 16.4. The predicted molar refractivity (Wildman–Crippen MR) is 116 cm³/mol. The average molecular weight is 413 g/mol. The summed E-state index contributed by atoms with van der Waals surface area (Å²) in [4.78, 5) is 4.78. The highest BCUT2D eigenvalue weighted by molar-refractivity contribution is 9.10. The lowest BCUT2D eigenvalue weighted by Gasteiger charge is -2.11. The van der Waals surface area contributed by atoms with Crippen molar-refractivity contribution in [2.75, 3.05) is 0 Å². The first-order valence-corrected chi connectivity index (χ1v) is 9.73. The van der Waals surface area contributed by atoms with Crippen LogP contribution in [0.1, 0.15) is 5.56 Å². The van der Waals surface area contributed by atoms with E-state index in [1.54, 1.807) is 0 Å². The van der Waals surface area contributed by atoms with Crippen LogP contribution in [0.25, 0.3) is 38.8 Å². The Hall–Kier alpha value is -2.91. The van der Waals surface area contributed by atoms with Crippen molar-refractivity contribution in [3.05, 3.63) is 95.1 Å². The lowest BCUT2D eigenvalue weighted by Crippen LogP contribution is -1.99. The quantitative estimate of drug-likeness (QED) is 0.307.